The average Bonchev–Trinajstić information content (AvgIpc) is 2.57. The summed E-state index contributed by atoms with van der Waals surface area (Å²) in [5.74, 6) is 0.953. The van der Waals surface area contributed by atoms with Crippen molar-refractivity contribution in [3.63, 3.8) is 0 Å². The molecule has 0 amide bonds. The second-order valence-corrected chi connectivity index (χ2v) is 5.46. The lowest BCUT2D eigenvalue weighted by Gasteiger charge is -2.30. The highest BCUT2D eigenvalue weighted by atomic mass is 32.1. The van der Waals surface area contributed by atoms with Crippen molar-refractivity contribution in [2.75, 3.05) is 25.5 Å². The van der Waals surface area contributed by atoms with Crippen LogP contribution < -0.4 is 11.1 Å². The summed E-state index contributed by atoms with van der Waals surface area (Å²) in [6, 6.07) is 0.476. The lowest BCUT2D eigenvalue weighted by molar-refractivity contribution is 0.263. The Kier molecular flexibility index (Phi) is 3.87. The van der Waals surface area contributed by atoms with Gasteiger partial charge in [0.2, 0.25) is 0 Å². The molecule has 6 heteroatoms. The lowest BCUT2D eigenvalue weighted by atomic mass is 10.1. The largest absolute Gasteiger partial charge is 0.389 e. The van der Waals surface area contributed by atoms with Gasteiger partial charge >= 0.3 is 0 Å². The number of likely N-dealkylation sites (tertiary alicyclic amines) is 1. The molecule has 0 aromatic carbocycles. The summed E-state index contributed by atoms with van der Waals surface area (Å²) in [6.07, 6.45) is 2.27. The molecule has 2 rings (SSSR count). The molecule has 18 heavy (non-hydrogen) atoms. The molecule has 1 fully saturated rings. The van der Waals surface area contributed by atoms with Crippen LogP contribution in [0.25, 0.3) is 0 Å². The highest BCUT2D eigenvalue weighted by molar-refractivity contribution is 7.80. The monoisotopic (exact) mass is 267 g/mol. The van der Waals surface area contributed by atoms with Crippen LogP contribution in [0.1, 0.15) is 24.1 Å². The summed E-state index contributed by atoms with van der Waals surface area (Å²) in [7, 11) is 4.08. The SMILES string of the molecule is Cc1nn(C)c(NC2CCN(C)CC2)c1C(N)=S. The molecule has 0 bridgehead atoms. The highest BCUT2D eigenvalue weighted by Crippen LogP contribution is 2.22. The maximum Gasteiger partial charge on any atom is 0.134 e. The fourth-order valence-electron chi connectivity index (χ4n) is 2.47. The topological polar surface area (TPSA) is 59.1 Å². The van der Waals surface area contributed by atoms with E-state index >= 15 is 0 Å². The summed E-state index contributed by atoms with van der Waals surface area (Å²) in [5.41, 5.74) is 7.56. The molecule has 1 aromatic heterocycles. The van der Waals surface area contributed by atoms with Crippen LogP contribution in [0.15, 0.2) is 0 Å². The number of hydrogen-bond donors (Lipinski definition) is 2. The number of aryl methyl sites for hydroxylation is 2. The molecule has 0 spiro atoms. The fraction of sp³-hybridized carbons (Fsp3) is 0.667. The lowest BCUT2D eigenvalue weighted by Crippen LogP contribution is -2.37. The van der Waals surface area contributed by atoms with Crippen molar-refractivity contribution in [3.8, 4) is 0 Å². The van der Waals surface area contributed by atoms with E-state index in [2.05, 4.69) is 22.4 Å². The Balaban J connectivity index is 2.16. The molecule has 5 nitrogen and oxygen atoms in total. The van der Waals surface area contributed by atoms with Crippen LogP contribution >= 0.6 is 12.2 Å². The Labute approximate surface area is 113 Å². The number of rotatable bonds is 3. The van der Waals surface area contributed by atoms with Crippen LogP contribution in [0, 0.1) is 6.92 Å². The molecular weight excluding hydrogens is 246 g/mol. The predicted octanol–water partition coefficient (Wildman–Crippen LogP) is 0.869. The van der Waals surface area contributed by atoms with Crippen molar-refractivity contribution in [2.45, 2.75) is 25.8 Å². The maximum absolute atomic E-state index is 5.79. The second kappa shape index (κ2) is 5.24. The molecule has 3 N–H and O–H groups in total. The summed E-state index contributed by atoms with van der Waals surface area (Å²) in [4.78, 5) is 2.76. The quantitative estimate of drug-likeness (QED) is 0.796. The summed E-state index contributed by atoms with van der Waals surface area (Å²) >= 11 is 5.11. The van der Waals surface area contributed by atoms with Crippen LogP contribution in [0.5, 0.6) is 0 Å². The molecule has 2 heterocycles. The third kappa shape index (κ3) is 2.64. The van der Waals surface area contributed by atoms with E-state index in [1.165, 1.54) is 0 Å². The predicted molar refractivity (Wildman–Crippen MR) is 78.0 cm³/mol. The van der Waals surface area contributed by atoms with E-state index in [1.54, 1.807) is 0 Å². The van der Waals surface area contributed by atoms with Crippen LogP contribution in [0.4, 0.5) is 5.82 Å². The summed E-state index contributed by atoms with van der Waals surface area (Å²) < 4.78 is 1.84. The first-order valence-electron chi connectivity index (χ1n) is 6.27. The van der Waals surface area contributed by atoms with E-state index in [0.29, 0.717) is 11.0 Å². The number of nitrogens with zero attached hydrogens (tertiary/aromatic N) is 3. The number of piperidine rings is 1. The van der Waals surface area contributed by atoms with Gasteiger partial charge in [-0.2, -0.15) is 5.10 Å². The van der Waals surface area contributed by atoms with Crippen LogP contribution in [-0.2, 0) is 7.05 Å². The Morgan fingerprint density at radius 1 is 1.39 bits per heavy atom. The number of anilines is 1. The highest BCUT2D eigenvalue weighted by Gasteiger charge is 2.21. The Bertz CT molecular complexity index is 446. The van der Waals surface area contributed by atoms with Gasteiger partial charge in [0.05, 0.1) is 11.3 Å². The Hall–Kier alpha value is -1.14. The van der Waals surface area contributed by atoms with Gasteiger partial charge in [-0.15, -0.1) is 0 Å². The van der Waals surface area contributed by atoms with Gasteiger partial charge in [-0.3, -0.25) is 4.68 Å². The van der Waals surface area contributed by atoms with Gasteiger partial charge < -0.3 is 16.0 Å². The van der Waals surface area contributed by atoms with Crippen LogP contribution in [0.2, 0.25) is 0 Å². The second-order valence-electron chi connectivity index (χ2n) is 5.02. The molecule has 1 saturated heterocycles. The van der Waals surface area contributed by atoms with Crippen LogP contribution in [-0.4, -0.2) is 45.8 Å². The zero-order chi connectivity index (χ0) is 13.3. The van der Waals surface area contributed by atoms with Crippen molar-refractivity contribution in [2.24, 2.45) is 12.8 Å². The molecule has 0 aliphatic carbocycles. The van der Waals surface area contributed by atoms with Crippen molar-refractivity contribution >= 4 is 23.0 Å². The van der Waals surface area contributed by atoms with E-state index in [0.717, 1.165) is 43.0 Å². The third-order valence-electron chi connectivity index (χ3n) is 3.53. The zero-order valence-electron chi connectivity index (χ0n) is 11.2. The minimum Gasteiger partial charge on any atom is -0.389 e. The van der Waals surface area contributed by atoms with Crippen molar-refractivity contribution in [3.05, 3.63) is 11.3 Å². The average molecular weight is 267 g/mol. The standard InChI is InChI=1S/C12H21N5S/c1-8-10(11(13)18)12(17(3)15-8)14-9-4-6-16(2)7-5-9/h9,14H,4-7H2,1-3H3,(H2,13,18). The molecule has 0 saturated carbocycles. The smallest absolute Gasteiger partial charge is 0.134 e. The molecule has 1 aliphatic heterocycles. The minimum absolute atomic E-state index is 0.413. The molecule has 100 valence electrons. The van der Waals surface area contributed by atoms with Gasteiger partial charge in [0.25, 0.3) is 0 Å². The zero-order valence-corrected chi connectivity index (χ0v) is 12.0. The van der Waals surface area contributed by atoms with Gasteiger partial charge in [0.15, 0.2) is 0 Å². The summed E-state index contributed by atoms with van der Waals surface area (Å²) in [5, 5.41) is 7.94. The number of nitrogens with one attached hydrogen (secondary N) is 1. The van der Waals surface area contributed by atoms with E-state index in [1.807, 2.05) is 18.7 Å². The van der Waals surface area contributed by atoms with Gasteiger partial charge in [0, 0.05) is 13.1 Å². The van der Waals surface area contributed by atoms with E-state index in [4.69, 9.17) is 18.0 Å². The first kappa shape index (κ1) is 13.3. The van der Waals surface area contributed by atoms with E-state index in [9.17, 15) is 0 Å². The molecule has 1 aromatic rings. The fourth-order valence-corrected chi connectivity index (χ4v) is 2.71. The summed E-state index contributed by atoms with van der Waals surface area (Å²) in [6.45, 7) is 4.18. The van der Waals surface area contributed by atoms with Crippen molar-refractivity contribution in [1.29, 1.82) is 0 Å². The number of thiocarbonyl (C=S) groups is 1. The third-order valence-corrected chi connectivity index (χ3v) is 3.73. The maximum atomic E-state index is 5.79. The number of hydrogen-bond acceptors (Lipinski definition) is 4. The van der Waals surface area contributed by atoms with Crippen molar-refractivity contribution in [1.82, 2.24) is 14.7 Å². The Morgan fingerprint density at radius 3 is 2.56 bits per heavy atom. The number of aromatic nitrogens is 2. The molecule has 0 atom stereocenters. The van der Waals surface area contributed by atoms with Gasteiger partial charge in [-0.05, 0) is 39.9 Å². The molecule has 0 radical (unpaired) electrons. The molecule has 0 unspecified atom stereocenters. The van der Waals surface area contributed by atoms with Gasteiger partial charge in [-0.25, -0.2) is 0 Å². The van der Waals surface area contributed by atoms with Crippen LogP contribution in [0.3, 0.4) is 0 Å². The number of nitrogens with two attached hydrogens (primary N) is 1. The first-order valence-corrected chi connectivity index (χ1v) is 6.68. The minimum atomic E-state index is 0.413. The van der Waals surface area contributed by atoms with Gasteiger partial charge in [-0.1, -0.05) is 12.2 Å². The van der Waals surface area contributed by atoms with Crippen molar-refractivity contribution < 1.29 is 0 Å². The van der Waals surface area contributed by atoms with E-state index < -0.39 is 0 Å². The first-order chi connectivity index (χ1) is 8.49. The van der Waals surface area contributed by atoms with E-state index in [-0.39, 0.29) is 0 Å². The normalized spacial score (nSPS) is 17.9. The van der Waals surface area contributed by atoms with Gasteiger partial charge in [0.1, 0.15) is 10.8 Å². The molecule has 1 aliphatic rings. The molecular formula is C12H21N5S. The Morgan fingerprint density at radius 2 is 2.00 bits per heavy atom.